The first-order valence-electron chi connectivity index (χ1n) is 6.28. The van der Waals surface area contributed by atoms with Crippen LogP contribution in [0.5, 0.6) is 5.19 Å². The molecule has 0 aromatic carbocycles. The lowest BCUT2D eigenvalue weighted by Crippen LogP contribution is -2.61. The molecule has 2 atom stereocenters. The van der Waals surface area contributed by atoms with Gasteiger partial charge in [0.15, 0.2) is 0 Å². The van der Waals surface area contributed by atoms with Gasteiger partial charge in [-0.25, -0.2) is 0 Å². The van der Waals surface area contributed by atoms with Crippen molar-refractivity contribution in [2.24, 2.45) is 17.8 Å². The maximum Gasteiger partial charge on any atom is 0.274 e. The number of ether oxygens (including phenoxy) is 1. The van der Waals surface area contributed by atoms with Crippen LogP contribution >= 0.6 is 27.3 Å². The number of halogens is 1. The summed E-state index contributed by atoms with van der Waals surface area (Å²) in [6.45, 7) is 3.82. The van der Waals surface area contributed by atoms with Crippen LogP contribution < -0.4 is 4.74 Å². The quantitative estimate of drug-likeness (QED) is 0.839. The highest BCUT2D eigenvalue weighted by Gasteiger charge is 2.48. The second kappa shape index (κ2) is 3.93. The molecule has 0 radical (unpaired) electrons. The minimum Gasteiger partial charge on any atom is -0.466 e. The summed E-state index contributed by atoms with van der Waals surface area (Å²) in [6, 6.07) is 0. The zero-order chi connectivity index (χ0) is 11.4. The molecule has 3 aliphatic heterocycles. The number of thiazole rings is 1. The van der Waals surface area contributed by atoms with E-state index >= 15 is 0 Å². The summed E-state index contributed by atoms with van der Waals surface area (Å²) in [4.78, 5) is 6.99. The fourth-order valence-corrected chi connectivity index (χ4v) is 5.09. The average molecular weight is 315 g/mol. The van der Waals surface area contributed by atoms with E-state index in [1.54, 1.807) is 11.3 Å². The molecule has 4 heterocycles. The highest BCUT2D eigenvalue weighted by atomic mass is 79.9. The number of hydrogen-bond acceptors (Lipinski definition) is 4. The molecule has 4 aliphatic rings. The lowest BCUT2D eigenvalue weighted by atomic mass is 9.66. The average Bonchev–Trinajstić information content (AvgIpc) is 2.68. The van der Waals surface area contributed by atoms with Crippen LogP contribution in [0.1, 0.15) is 12.8 Å². The Labute approximate surface area is 113 Å². The molecule has 1 saturated carbocycles. The minimum atomic E-state index is 0.417. The van der Waals surface area contributed by atoms with Gasteiger partial charge in [-0.3, -0.25) is 0 Å². The predicted octanol–water partition coefficient (Wildman–Crippen LogP) is 2.62. The Hall–Kier alpha value is -0.130. The first kappa shape index (κ1) is 10.8. The zero-order valence-electron chi connectivity index (χ0n) is 9.51. The molecule has 1 aromatic heterocycles. The van der Waals surface area contributed by atoms with E-state index in [0.29, 0.717) is 6.10 Å². The fraction of sp³-hybridized carbons (Fsp3) is 0.750. The van der Waals surface area contributed by atoms with E-state index in [4.69, 9.17) is 4.74 Å². The van der Waals surface area contributed by atoms with E-state index in [9.17, 15) is 0 Å². The molecule has 1 aliphatic carbocycles. The number of hydrogen-bond donors (Lipinski definition) is 0. The van der Waals surface area contributed by atoms with Crippen molar-refractivity contribution in [2.45, 2.75) is 18.9 Å². The van der Waals surface area contributed by atoms with Crippen molar-refractivity contribution >= 4 is 27.3 Å². The van der Waals surface area contributed by atoms with Crippen LogP contribution in [0.2, 0.25) is 0 Å². The van der Waals surface area contributed by atoms with E-state index in [2.05, 4.69) is 25.8 Å². The molecule has 3 saturated heterocycles. The Balaban J connectivity index is 1.54. The Morgan fingerprint density at radius 1 is 1.29 bits per heavy atom. The van der Waals surface area contributed by atoms with E-state index in [0.717, 1.165) is 27.6 Å². The third-order valence-electron chi connectivity index (χ3n) is 4.40. The monoisotopic (exact) mass is 314 g/mol. The largest absolute Gasteiger partial charge is 0.466 e. The molecule has 1 aromatic rings. The van der Waals surface area contributed by atoms with Crippen molar-refractivity contribution in [2.75, 3.05) is 19.6 Å². The van der Waals surface area contributed by atoms with Gasteiger partial charge in [-0.1, -0.05) is 11.3 Å². The molecular formula is C12H15BrN2OS. The molecule has 5 heteroatoms. The first-order chi connectivity index (χ1) is 8.28. The summed E-state index contributed by atoms with van der Waals surface area (Å²) in [5.41, 5.74) is 0. The van der Waals surface area contributed by atoms with Crippen LogP contribution in [0.25, 0.3) is 0 Å². The van der Waals surface area contributed by atoms with Gasteiger partial charge in [0.2, 0.25) is 0 Å². The topological polar surface area (TPSA) is 25.4 Å². The van der Waals surface area contributed by atoms with Gasteiger partial charge in [-0.15, -0.1) is 0 Å². The number of nitrogens with zero attached hydrogens (tertiary/aromatic N) is 2. The van der Waals surface area contributed by atoms with Gasteiger partial charge >= 0.3 is 0 Å². The lowest BCUT2D eigenvalue weighted by Gasteiger charge is -2.55. The van der Waals surface area contributed by atoms with Crippen molar-refractivity contribution in [3.05, 3.63) is 9.98 Å². The highest BCUT2D eigenvalue weighted by molar-refractivity contribution is 9.10. The number of aromatic nitrogens is 1. The van der Waals surface area contributed by atoms with Gasteiger partial charge in [0.1, 0.15) is 10.7 Å². The van der Waals surface area contributed by atoms with Crippen molar-refractivity contribution in [1.82, 2.24) is 9.88 Å². The standard InChI is InChI=1S/C12H15BrN2OS/c13-10-6-17-12(14-10)16-11-8-1-7-2-9(11)5-15(3-7)4-8/h6-9,11H,1-5H2/t7?,8-,9-,11?/m0/s1. The van der Waals surface area contributed by atoms with Gasteiger partial charge in [0, 0.05) is 36.9 Å². The second-order valence-electron chi connectivity index (χ2n) is 5.59. The minimum absolute atomic E-state index is 0.417. The van der Waals surface area contributed by atoms with Gasteiger partial charge in [-0.2, -0.15) is 4.98 Å². The lowest BCUT2D eigenvalue weighted by molar-refractivity contribution is -0.0985. The van der Waals surface area contributed by atoms with Crippen LogP contribution in [-0.4, -0.2) is 35.6 Å². The van der Waals surface area contributed by atoms with Crippen LogP contribution in [0, 0.1) is 17.8 Å². The first-order valence-corrected chi connectivity index (χ1v) is 7.95. The smallest absolute Gasteiger partial charge is 0.274 e. The van der Waals surface area contributed by atoms with Crippen LogP contribution in [0.4, 0.5) is 0 Å². The maximum absolute atomic E-state index is 6.16. The Kier molecular flexibility index (Phi) is 2.49. The van der Waals surface area contributed by atoms with Crippen LogP contribution in [-0.2, 0) is 0 Å². The van der Waals surface area contributed by atoms with E-state index < -0.39 is 0 Å². The third kappa shape index (κ3) is 1.83. The van der Waals surface area contributed by atoms with Crippen molar-refractivity contribution in [1.29, 1.82) is 0 Å². The Bertz CT molecular complexity index is 408. The van der Waals surface area contributed by atoms with Crippen molar-refractivity contribution < 1.29 is 4.74 Å². The van der Waals surface area contributed by atoms with E-state index in [-0.39, 0.29) is 0 Å². The maximum atomic E-state index is 6.16. The van der Waals surface area contributed by atoms with E-state index in [1.165, 1.54) is 32.5 Å². The normalized spacial score (nSPS) is 43.0. The zero-order valence-corrected chi connectivity index (χ0v) is 11.9. The fourth-order valence-electron chi connectivity index (χ4n) is 3.97. The molecule has 17 heavy (non-hydrogen) atoms. The summed E-state index contributed by atoms with van der Waals surface area (Å²) in [5, 5.41) is 2.83. The number of rotatable bonds is 2. The molecule has 4 bridgehead atoms. The van der Waals surface area contributed by atoms with Gasteiger partial charge in [-0.05, 0) is 34.7 Å². The SMILES string of the molecule is Brc1csc(OC2[C@H]3CC4C[C@H]2CN(C4)C3)n1. The summed E-state index contributed by atoms with van der Waals surface area (Å²) in [7, 11) is 0. The molecule has 0 N–H and O–H groups in total. The highest BCUT2D eigenvalue weighted by Crippen LogP contribution is 2.45. The van der Waals surface area contributed by atoms with Gasteiger partial charge in [0.05, 0.1) is 0 Å². The Morgan fingerprint density at radius 2 is 2.06 bits per heavy atom. The second-order valence-corrected chi connectivity index (χ2v) is 7.23. The predicted molar refractivity (Wildman–Crippen MR) is 70.4 cm³/mol. The molecule has 0 spiro atoms. The van der Waals surface area contributed by atoms with Crippen molar-refractivity contribution in [3.8, 4) is 5.19 Å². The summed E-state index contributed by atoms with van der Waals surface area (Å²) in [6.07, 6.45) is 3.15. The third-order valence-corrected chi connectivity index (χ3v) is 5.83. The molecule has 3 nitrogen and oxygen atoms in total. The molecule has 5 rings (SSSR count). The molecule has 0 amide bonds. The molecular weight excluding hydrogens is 300 g/mol. The summed E-state index contributed by atoms with van der Waals surface area (Å²) in [5.74, 6) is 2.42. The van der Waals surface area contributed by atoms with Gasteiger partial charge < -0.3 is 9.64 Å². The van der Waals surface area contributed by atoms with E-state index in [1.807, 2.05) is 5.38 Å². The molecule has 92 valence electrons. The molecule has 4 fully saturated rings. The van der Waals surface area contributed by atoms with Gasteiger partial charge in [0.25, 0.3) is 5.19 Å². The van der Waals surface area contributed by atoms with Crippen LogP contribution in [0.15, 0.2) is 9.98 Å². The molecule has 0 unspecified atom stereocenters. The Morgan fingerprint density at radius 3 is 2.65 bits per heavy atom. The summed E-state index contributed by atoms with van der Waals surface area (Å²) >= 11 is 4.99. The van der Waals surface area contributed by atoms with Crippen LogP contribution in [0.3, 0.4) is 0 Å². The van der Waals surface area contributed by atoms with Crippen molar-refractivity contribution in [3.63, 3.8) is 0 Å². The summed E-state index contributed by atoms with van der Waals surface area (Å²) < 4.78 is 7.06. The number of piperidine rings is 3.